The molecule has 1 N–H and O–H groups in total. The summed E-state index contributed by atoms with van der Waals surface area (Å²) in [6.07, 6.45) is -4.78. The van der Waals surface area contributed by atoms with Crippen molar-refractivity contribution in [3.8, 4) is 6.07 Å². The third-order valence-corrected chi connectivity index (χ3v) is 4.11. The highest BCUT2D eigenvalue weighted by atomic mass is 32.2. The monoisotopic (exact) mass is 333 g/mol. The Balaban J connectivity index is 2.43. The third kappa shape index (κ3) is 3.37. The van der Waals surface area contributed by atoms with Crippen LogP contribution in [-0.4, -0.2) is 20.4 Å². The molecule has 0 amide bonds. The molecule has 10 heteroatoms. The number of halogens is 3. The number of alkyl halides is 3. The van der Waals surface area contributed by atoms with E-state index in [4.69, 9.17) is 10.1 Å². The van der Waals surface area contributed by atoms with Gasteiger partial charge in [0, 0.05) is 6.42 Å². The van der Waals surface area contributed by atoms with E-state index in [2.05, 4.69) is 9.88 Å². The quantitative estimate of drug-likeness (QED) is 0.893. The zero-order valence-corrected chi connectivity index (χ0v) is 12.0. The molecule has 1 atom stereocenters. The summed E-state index contributed by atoms with van der Waals surface area (Å²) in [6.45, 7) is 1.69. The molecular weight excluding hydrogens is 323 g/mol. The highest BCUT2D eigenvalue weighted by molar-refractivity contribution is 7.90. The minimum atomic E-state index is -4.74. The van der Waals surface area contributed by atoms with Crippen molar-refractivity contribution in [2.75, 3.05) is 0 Å². The predicted octanol–water partition coefficient (Wildman–Crippen LogP) is 1.98. The molecule has 0 radical (unpaired) electrons. The van der Waals surface area contributed by atoms with Gasteiger partial charge in [-0.3, -0.25) is 10.3 Å². The maximum atomic E-state index is 12.7. The molecule has 1 heterocycles. The Morgan fingerprint density at radius 2 is 2.14 bits per heavy atom. The third-order valence-electron chi connectivity index (χ3n) is 2.80. The molecule has 1 aromatic carbocycles. The van der Waals surface area contributed by atoms with Crippen molar-refractivity contribution in [1.29, 1.82) is 5.26 Å². The normalized spacial score (nSPS) is 20.7. The van der Waals surface area contributed by atoms with Gasteiger partial charge in [0.15, 0.2) is 0 Å². The lowest BCUT2D eigenvalue weighted by Gasteiger charge is -2.09. The lowest BCUT2D eigenvalue weighted by atomic mass is 10.1. The van der Waals surface area contributed by atoms with Gasteiger partial charge in [-0.2, -0.15) is 26.9 Å². The summed E-state index contributed by atoms with van der Waals surface area (Å²) >= 11 is 0. The summed E-state index contributed by atoms with van der Waals surface area (Å²) in [5.41, 5.74) is 0.346. The van der Waals surface area contributed by atoms with Gasteiger partial charge in [-0.15, -0.1) is 4.40 Å². The number of benzene rings is 1. The molecule has 0 aliphatic carbocycles. The average molecular weight is 333 g/mol. The van der Waals surface area contributed by atoms with Gasteiger partial charge in [-0.05, 0) is 25.1 Å². The second-order valence-electron chi connectivity index (χ2n) is 4.56. The summed E-state index contributed by atoms with van der Waals surface area (Å²) < 4.78 is 65.6. The molecule has 0 aromatic heterocycles. The molecule has 1 fully saturated rings. The van der Waals surface area contributed by atoms with Crippen molar-refractivity contribution >= 4 is 15.9 Å². The summed E-state index contributed by atoms with van der Waals surface area (Å²) in [5.74, 6) is 0.0471. The van der Waals surface area contributed by atoms with E-state index in [0.29, 0.717) is 12.1 Å². The number of sulfonamides is 1. The first-order valence-electron chi connectivity index (χ1n) is 6.00. The van der Waals surface area contributed by atoms with Crippen LogP contribution in [-0.2, 0) is 21.0 Å². The molecule has 1 aromatic rings. The molecule has 1 unspecified atom stereocenters. The lowest BCUT2D eigenvalue weighted by molar-refractivity contribution is -0.137. The summed E-state index contributed by atoms with van der Waals surface area (Å²) in [6, 6.07) is 3.31. The van der Waals surface area contributed by atoms with E-state index in [1.54, 1.807) is 6.92 Å². The van der Waals surface area contributed by atoms with Gasteiger partial charge in [0.05, 0.1) is 28.2 Å². The van der Waals surface area contributed by atoms with Gasteiger partial charge in [0.25, 0.3) is 10.0 Å². The van der Waals surface area contributed by atoms with Gasteiger partial charge in [-0.1, -0.05) is 0 Å². The van der Waals surface area contributed by atoms with Gasteiger partial charge in [-0.25, -0.2) is 0 Å². The molecule has 0 spiro atoms. The fourth-order valence-electron chi connectivity index (χ4n) is 1.80. The van der Waals surface area contributed by atoms with Gasteiger partial charge < -0.3 is 0 Å². The summed E-state index contributed by atoms with van der Waals surface area (Å²) in [7, 11) is -4.23. The molecule has 2 rings (SSSR count). The Morgan fingerprint density at radius 1 is 1.45 bits per heavy atom. The van der Waals surface area contributed by atoms with Gasteiger partial charge in [0.2, 0.25) is 0 Å². The second kappa shape index (κ2) is 5.58. The standard InChI is InChI=1S/C12H10F3N3O3S/c1-7-4-11(17-21-7)18-22(19,20)9-2-3-10(12(13,14)15)8(5-9)6-16/h2-3,5,7H,4H2,1H3,(H,17,18). The number of hydroxylamine groups is 1. The topological polar surface area (TPSA) is 91.5 Å². The number of nitrogens with zero attached hydrogens (tertiary/aromatic N) is 2. The average Bonchev–Trinajstić information content (AvgIpc) is 2.81. The molecule has 1 saturated heterocycles. The fraction of sp³-hybridized carbons (Fsp3) is 0.333. The van der Waals surface area contributed by atoms with E-state index in [0.717, 1.165) is 6.07 Å². The SMILES string of the molecule is CC1CC(=NS(=O)(=O)c2ccc(C(F)(F)F)c(C#N)c2)NO1. The van der Waals surface area contributed by atoms with Crippen LogP contribution in [0.1, 0.15) is 24.5 Å². The van der Waals surface area contributed by atoms with Crippen LogP contribution in [0.15, 0.2) is 27.5 Å². The number of rotatable bonds is 2. The van der Waals surface area contributed by atoms with E-state index in [1.807, 2.05) is 0 Å². The zero-order valence-electron chi connectivity index (χ0n) is 11.2. The maximum Gasteiger partial charge on any atom is 0.417 e. The minimum absolute atomic E-state index is 0.0471. The zero-order chi connectivity index (χ0) is 16.5. The van der Waals surface area contributed by atoms with Crippen LogP contribution in [0.5, 0.6) is 0 Å². The van der Waals surface area contributed by atoms with Crippen LogP contribution in [0, 0.1) is 11.3 Å². The number of hydrogen-bond donors (Lipinski definition) is 1. The van der Waals surface area contributed by atoms with Crippen LogP contribution in [0.2, 0.25) is 0 Å². The second-order valence-corrected chi connectivity index (χ2v) is 6.17. The Labute approximate surface area is 124 Å². The van der Waals surface area contributed by atoms with Crippen molar-refractivity contribution in [3.63, 3.8) is 0 Å². The molecule has 1 aliphatic heterocycles. The Bertz CT molecular complexity index is 766. The smallest absolute Gasteiger partial charge is 0.271 e. The predicted molar refractivity (Wildman–Crippen MR) is 69.1 cm³/mol. The molecule has 118 valence electrons. The highest BCUT2D eigenvalue weighted by Gasteiger charge is 2.34. The Morgan fingerprint density at radius 3 is 2.64 bits per heavy atom. The largest absolute Gasteiger partial charge is 0.417 e. The van der Waals surface area contributed by atoms with E-state index >= 15 is 0 Å². The van der Waals surface area contributed by atoms with Crippen molar-refractivity contribution in [3.05, 3.63) is 29.3 Å². The first-order chi connectivity index (χ1) is 10.1. The van der Waals surface area contributed by atoms with Crippen molar-refractivity contribution < 1.29 is 26.4 Å². The Hall–Kier alpha value is -2.12. The number of nitrogens with one attached hydrogen (secondary N) is 1. The number of nitriles is 1. The maximum absolute atomic E-state index is 12.7. The summed E-state index contributed by atoms with van der Waals surface area (Å²) in [4.78, 5) is 4.42. The van der Waals surface area contributed by atoms with Gasteiger partial charge >= 0.3 is 6.18 Å². The molecule has 6 nitrogen and oxygen atoms in total. The summed E-state index contributed by atoms with van der Waals surface area (Å²) in [5, 5.41) is 8.78. The molecule has 1 aliphatic rings. The van der Waals surface area contributed by atoms with Crippen LogP contribution in [0.4, 0.5) is 13.2 Å². The van der Waals surface area contributed by atoms with Crippen LogP contribution in [0.25, 0.3) is 0 Å². The highest BCUT2D eigenvalue weighted by Crippen LogP contribution is 2.33. The van der Waals surface area contributed by atoms with E-state index < -0.39 is 32.2 Å². The lowest BCUT2D eigenvalue weighted by Crippen LogP contribution is -2.15. The number of amidine groups is 1. The van der Waals surface area contributed by atoms with E-state index in [1.165, 1.54) is 6.07 Å². The minimum Gasteiger partial charge on any atom is -0.271 e. The van der Waals surface area contributed by atoms with Crippen molar-refractivity contribution in [1.82, 2.24) is 5.48 Å². The van der Waals surface area contributed by atoms with Gasteiger partial charge in [0.1, 0.15) is 5.84 Å². The molecule has 0 saturated carbocycles. The number of hydrogen-bond acceptors (Lipinski definition) is 4. The van der Waals surface area contributed by atoms with E-state index in [-0.39, 0.29) is 18.4 Å². The van der Waals surface area contributed by atoms with Crippen molar-refractivity contribution in [2.45, 2.75) is 30.5 Å². The molecular formula is C12H10F3N3O3S. The molecule has 0 bridgehead atoms. The van der Waals surface area contributed by atoms with Crippen LogP contribution in [0.3, 0.4) is 0 Å². The fourth-order valence-corrected chi connectivity index (χ4v) is 2.82. The Kier molecular flexibility index (Phi) is 4.12. The van der Waals surface area contributed by atoms with Crippen molar-refractivity contribution in [2.24, 2.45) is 4.40 Å². The van der Waals surface area contributed by atoms with E-state index in [9.17, 15) is 21.6 Å². The first-order valence-corrected chi connectivity index (χ1v) is 7.44. The molecule has 22 heavy (non-hydrogen) atoms. The first kappa shape index (κ1) is 16.3. The van der Waals surface area contributed by atoms with Crippen LogP contribution >= 0.6 is 0 Å². The van der Waals surface area contributed by atoms with Crippen LogP contribution < -0.4 is 5.48 Å².